The number of fused-ring (bicyclic) bond motifs is 2. The van der Waals surface area contributed by atoms with Crippen molar-refractivity contribution < 1.29 is 0 Å². The molecule has 3 aromatic heterocycles. The molecular weight excluding hydrogens is 226 g/mol. The van der Waals surface area contributed by atoms with Gasteiger partial charge >= 0.3 is 0 Å². The van der Waals surface area contributed by atoms with Crippen LogP contribution in [-0.2, 0) is 0 Å². The fourth-order valence-corrected chi connectivity index (χ4v) is 2.06. The van der Waals surface area contributed by atoms with Gasteiger partial charge in [-0.1, -0.05) is 6.07 Å². The topological polar surface area (TPSA) is 70.2 Å². The van der Waals surface area contributed by atoms with Gasteiger partial charge in [-0.15, -0.1) is 0 Å². The minimum Gasteiger partial charge on any atom is -0.345 e. The Balaban J connectivity index is 1.98. The largest absolute Gasteiger partial charge is 0.345 e. The third-order valence-corrected chi connectivity index (χ3v) is 2.93. The van der Waals surface area contributed by atoms with E-state index in [2.05, 4.69) is 24.9 Å². The lowest BCUT2D eigenvalue weighted by Gasteiger charge is -1.92. The maximum Gasteiger partial charge on any atom is 0.157 e. The summed E-state index contributed by atoms with van der Waals surface area (Å²) < 4.78 is 0. The average molecular weight is 235 g/mol. The van der Waals surface area contributed by atoms with Gasteiger partial charge in [0.15, 0.2) is 5.82 Å². The average Bonchev–Trinajstić information content (AvgIpc) is 3.01. The van der Waals surface area contributed by atoms with Crippen LogP contribution in [0, 0.1) is 0 Å². The molecule has 5 heteroatoms. The van der Waals surface area contributed by atoms with Crippen molar-refractivity contribution in [3.05, 3.63) is 42.9 Å². The molecule has 0 aliphatic carbocycles. The molecule has 0 spiro atoms. The van der Waals surface area contributed by atoms with E-state index < -0.39 is 0 Å². The summed E-state index contributed by atoms with van der Waals surface area (Å²) in [5, 5.41) is 0. The summed E-state index contributed by atoms with van der Waals surface area (Å²) >= 11 is 0. The molecule has 0 fully saturated rings. The Morgan fingerprint density at radius 2 is 1.94 bits per heavy atom. The molecule has 86 valence electrons. The van der Waals surface area contributed by atoms with Gasteiger partial charge in [0.05, 0.1) is 28.4 Å². The molecule has 5 nitrogen and oxygen atoms in total. The lowest BCUT2D eigenvalue weighted by molar-refractivity contribution is 1.24. The van der Waals surface area contributed by atoms with E-state index in [0.29, 0.717) is 0 Å². The summed E-state index contributed by atoms with van der Waals surface area (Å²) in [5.41, 5.74) is 4.63. The van der Waals surface area contributed by atoms with Gasteiger partial charge in [-0.3, -0.25) is 4.98 Å². The smallest absolute Gasteiger partial charge is 0.157 e. The Morgan fingerprint density at radius 1 is 0.944 bits per heavy atom. The van der Waals surface area contributed by atoms with Crippen molar-refractivity contribution in [2.45, 2.75) is 0 Å². The summed E-state index contributed by atoms with van der Waals surface area (Å²) in [6.45, 7) is 0. The number of pyridine rings is 1. The first-order valence-electron chi connectivity index (χ1n) is 5.64. The summed E-state index contributed by atoms with van der Waals surface area (Å²) in [7, 11) is 0. The van der Waals surface area contributed by atoms with Crippen molar-refractivity contribution >= 4 is 22.1 Å². The molecule has 0 saturated heterocycles. The van der Waals surface area contributed by atoms with Crippen LogP contribution in [0.1, 0.15) is 0 Å². The number of hydrogen-bond acceptors (Lipinski definition) is 3. The van der Waals surface area contributed by atoms with Gasteiger partial charge in [0.1, 0.15) is 5.69 Å². The van der Waals surface area contributed by atoms with E-state index in [1.165, 1.54) is 0 Å². The molecule has 0 amide bonds. The van der Waals surface area contributed by atoms with Crippen LogP contribution in [0.5, 0.6) is 0 Å². The van der Waals surface area contributed by atoms with Gasteiger partial charge < -0.3 is 9.97 Å². The van der Waals surface area contributed by atoms with Crippen molar-refractivity contribution in [3.8, 4) is 11.5 Å². The number of nitrogens with zero attached hydrogens (tertiary/aromatic N) is 3. The van der Waals surface area contributed by atoms with Gasteiger partial charge in [-0.05, 0) is 24.3 Å². The molecule has 0 atom stereocenters. The fourth-order valence-electron chi connectivity index (χ4n) is 2.06. The number of rotatable bonds is 1. The Labute approximate surface area is 102 Å². The first-order valence-corrected chi connectivity index (χ1v) is 5.64. The van der Waals surface area contributed by atoms with Crippen molar-refractivity contribution in [1.29, 1.82) is 0 Å². The van der Waals surface area contributed by atoms with Crippen molar-refractivity contribution in [2.75, 3.05) is 0 Å². The number of aromatic nitrogens is 5. The summed E-state index contributed by atoms with van der Waals surface area (Å²) in [6, 6.07) is 9.74. The number of nitrogens with one attached hydrogen (secondary N) is 2. The molecular formula is C13H9N5. The van der Waals surface area contributed by atoms with Gasteiger partial charge in [0, 0.05) is 6.20 Å². The molecule has 0 bridgehead atoms. The van der Waals surface area contributed by atoms with E-state index in [0.717, 1.165) is 33.6 Å². The second-order valence-corrected chi connectivity index (χ2v) is 4.09. The lowest BCUT2D eigenvalue weighted by Crippen LogP contribution is -1.82. The first kappa shape index (κ1) is 9.35. The van der Waals surface area contributed by atoms with Crippen LogP contribution < -0.4 is 0 Å². The highest BCUT2D eigenvalue weighted by Gasteiger charge is 2.07. The number of aromatic amines is 2. The highest BCUT2D eigenvalue weighted by Crippen LogP contribution is 2.22. The number of imidazole rings is 2. The molecule has 0 saturated carbocycles. The lowest BCUT2D eigenvalue weighted by atomic mass is 10.3. The van der Waals surface area contributed by atoms with Crippen LogP contribution in [0.2, 0.25) is 0 Å². The first-order chi connectivity index (χ1) is 8.90. The maximum absolute atomic E-state index is 4.54. The molecule has 4 aromatic rings. The third-order valence-electron chi connectivity index (χ3n) is 2.93. The SMILES string of the molecule is c1ccc(-c2nc3cc4nc[nH]c4cc3[nH]2)nc1. The molecule has 4 rings (SSSR count). The van der Waals surface area contributed by atoms with E-state index in [1.807, 2.05) is 30.3 Å². The van der Waals surface area contributed by atoms with Crippen molar-refractivity contribution in [1.82, 2.24) is 24.9 Å². The predicted octanol–water partition coefficient (Wildman–Crippen LogP) is 2.50. The van der Waals surface area contributed by atoms with E-state index in [4.69, 9.17) is 0 Å². The normalized spacial score (nSPS) is 11.3. The zero-order valence-electron chi connectivity index (χ0n) is 9.38. The number of hydrogen-bond donors (Lipinski definition) is 2. The molecule has 1 aromatic carbocycles. The summed E-state index contributed by atoms with van der Waals surface area (Å²) in [4.78, 5) is 19.4. The van der Waals surface area contributed by atoms with Crippen molar-refractivity contribution in [2.24, 2.45) is 0 Å². The van der Waals surface area contributed by atoms with E-state index in [-0.39, 0.29) is 0 Å². The highest BCUT2D eigenvalue weighted by atomic mass is 15.0. The monoisotopic (exact) mass is 235 g/mol. The molecule has 0 radical (unpaired) electrons. The molecule has 18 heavy (non-hydrogen) atoms. The molecule has 3 heterocycles. The second kappa shape index (κ2) is 3.40. The maximum atomic E-state index is 4.54. The van der Waals surface area contributed by atoms with Gasteiger partial charge in [0.2, 0.25) is 0 Å². The fraction of sp³-hybridized carbons (Fsp3) is 0. The summed E-state index contributed by atoms with van der Waals surface area (Å²) in [6.07, 6.45) is 3.44. The van der Waals surface area contributed by atoms with Crippen LogP contribution in [0.15, 0.2) is 42.9 Å². The molecule has 2 N–H and O–H groups in total. The van der Waals surface area contributed by atoms with E-state index in [1.54, 1.807) is 12.5 Å². The van der Waals surface area contributed by atoms with Crippen LogP contribution in [-0.4, -0.2) is 24.9 Å². The summed E-state index contributed by atoms with van der Waals surface area (Å²) in [5.74, 6) is 0.776. The van der Waals surface area contributed by atoms with Gasteiger partial charge in [0.25, 0.3) is 0 Å². The Bertz CT molecular complexity index is 780. The van der Waals surface area contributed by atoms with E-state index in [9.17, 15) is 0 Å². The zero-order chi connectivity index (χ0) is 11.9. The third kappa shape index (κ3) is 1.31. The number of benzene rings is 1. The highest BCUT2D eigenvalue weighted by molar-refractivity contribution is 5.92. The minimum absolute atomic E-state index is 0.776. The van der Waals surface area contributed by atoms with Gasteiger partial charge in [-0.25, -0.2) is 9.97 Å². The second-order valence-electron chi connectivity index (χ2n) is 4.09. The van der Waals surface area contributed by atoms with Crippen LogP contribution in [0.3, 0.4) is 0 Å². The van der Waals surface area contributed by atoms with Crippen LogP contribution in [0.4, 0.5) is 0 Å². The van der Waals surface area contributed by atoms with Crippen LogP contribution >= 0.6 is 0 Å². The molecule has 0 aliphatic rings. The zero-order valence-corrected chi connectivity index (χ0v) is 9.38. The van der Waals surface area contributed by atoms with Gasteiger partial charge in [-0.2, -0.15) is 0 Å². The predicted molar refractivity (Wildman–Crippen MR) is 69.0 cm³/mol. The Morgan fingerprint density at radius 3 is 2.83 bits per heavy atom. The molecule has 0 aliphatic heterocycles. The van der Waals surface area contributed by atoms with Crippen molar-refractivity contribution in [3.63, 3.8) is 0 Å². The standard InChI is InChI=1S/C13H9N5/c1-2-4-14-8(3-1)13-17-11-5-9-10(16-7-15-9)6-12(11)18-13/h1-7H,(H,15,16)(H,17,18). The van der Waals surface area contributed by atoms with Crippen LogP contribution in [0.25, 0.3) is 33.6 Å². The minimum atomic E-state index is 0.776. The Kier molecular flexibility index (Phi) is 1.77. The van der Waals surface area contributed by atoms with E-state index >= 15 is 0 Å². The number of H-pyrrole nitrogens is 2. The Hall–Kier alpha value is -2.69. The molecule has 0 unspecified atom stereocenters. The quantitative estimate of drug-likeness (QED) is 0.532.